The number of rotatable bonds is 4. The van der Waals surface area contributed by atoms with Gasteiger partial charge in [0.1, 0.15) is 12.1 Å². The minimum Gasteiger partial charge on any atom is -0.368 e. The van der Waals surface area contributed by atoms with Crippen molar-refractivity contribution in [1.29, 1.82) is 0 Å². The highest BCUT2D eigenvalue weighted by Crippen LogP contribution is 2.31. The number of anilines is 3. The van der Waals surface area contributed by atoms with E-state index in [0.717, 1.165) is 0 Å². The standard InChI is InChI=1S/C16H14F2N8O/c17-16(18)5-9-6-20-12(4-11(9)24-13(16)27)25-15-22-8-21-14(26-15)23-10-2-1-3-19-7-10/h1-4,7-8,20H,5-6H2,(H,24,27)(H2,21,22,23,25,26). The fraction of sp³-hybridized carbons (Fsp3) is 0.188. The van der Waals surface area contributed by atoms with Crippen LogP contribution in [0.5, 0.6) is 0 Å². The van der Waals surface area contributed by atoms with Gasteiger partial charge in [-0.15, -0.1) is 0 Å². The Balaban J connectivity index is 1.49. The number of hydrogen-bond acceptors (Lipinski definition) is 8. The van der Waals surface area contributed by atoms with E-state index >= 15 is 0 Å². The highest BCUT2D eigenvalue weighted by Gasteiger charge is 2.44. The Morgan fingerprint density at radius 2 is 2.00 bits per heavy atom. The van der Waals surface area contributed by atoms with E-state index in [2.05, 4.69) is 41.2 Å². The molecule has 4 N–H and O–H groups in total. The van der Waals surface area contributed by atoms with Crippen LogP contribution in [-0.2, 0) is 4.79 Å². The number of amides is 1. The van der Waals surface area contributed by atoms with Gasteiger partial charge in [-0.25, -0.2) is 9.97 Å². The highest BCUT2D eigenvalue weighted by molar-refractivity contribution is 5.87. The van der Waals surface area contributed by atoms with Crippen LogP contribution in [0.2, 0.25) is 0 Å². The number of nitrogens with one attached hydrogen (secondary N) is 4. The fourth-order valence-corrected chi connectivity index (χ4v) is 2.62. The number of dihydropyridines is 1. The summed E-state index contributed by atoms with van der Waals surface area (Å²) >= 11 is 0. The third-order valence-corrected chi connectivity index (χ3v) is 3.91. The summed E-state index contributed by atoms with van der Waals surface area (Å²) in [6, 6.07) is 3.58. The predicted molar refractivity (Wildman–Crippen MR) is 91.8 cm³/mol. The van der Waals surface area contributed by atoms with Crippen molar-refractivity contribution in [3.05, 3.63) is 54.0 Å². The van der Waals surface area contributed by atoms with E-state index < -0.39 is 18.3 Å². The van der Waals surface area contributed by atoms with Crippen molar-refractivity contribution in [3.63, 3.8) is 0 Å². The van der Waals surface area contributed by atoms with Crippen LogP contribution in [0.1, 0.15) is 6.42 Å². The van der Waals surface area contributed by atoms with Gasteiger partial charge >= 0.3 is 5.92 Å². The lowest BCUT2D eigenvalue weighted by atomic mass is 9.98. The molecule has 2 aliphatic rings. The average molecular weight is 372 g/mol. The molecule has 0 aliphatic carbocycles. The zero-order valence-corrected chi connectivity index (χ0v) is 13.8. The lowest BCUT2D eigenvalue weighted by molar-refractivity contribution is -0.145. The number of hydrogen-bond donors (Lipinski definition) is 4. The van der Waals surface area contributed by atoms with E-state index in [9.17, 15) is 13.6 Å². The summed E-state index contributed by atoms with van der Waals surface area (Å²) in [5.74, 6) is -3.67. The molecule has 0 unspecified atom stereocenters. The van der Waals surface area contributed by atoms with Crippen molar-refractivity contribution in [2.75, 3.05) is 17.2 Å². The van der Waals surface area contributed by atoms with Crippen LogP contribution >= 0.6 is 0 Å². The first-order valence-electron chi connectivity index (χ1n) is 7.99. The number of halogens is 2. The zero-order chi connectivity index (χ0) is 18.9. The Labute approximate surface area is 152 Å². The van der Waals surface area contributed by atoms with Gasteiger partial charge in [-0.05, 0) is 17.7 Å². The molecule has 4 rings (SSSR count). The Morgan fingerprint density at radius 1 is 1.19 bits per heavy atom. The van der Waals surface area contributed by atoms with Crippen molar-refractivity contribution in [2.45, 2.75) is 12.3 Å². The first-order chi connectivity index (χ1) is 13.0. The number of allylic oxidation sites excluding steroid dienone is 1. The third kappa shape index (κ3) is 3.66. The lowest BCUT2D eigenvalue weighted by Crippen LogP contribution is -2.47. The van der Waals surface area contributed by atoms with Gasteiger partial charge in [-0.3, -0.25) is 9.78 Å². The van der Waals surface area contributed by atoms with Crippen LogP contribution < -0.4 is 21.3 Å². The van der Waals surface area contributed by atoms with Gasteiger partial charge in [-0.1, -0.05) is 0 Å². The Morgan fingerprint density at radius 3 is 2.78 bits per heavy atom. The molecule has 138 valence electrons. The van der Waals surface area contributed by atoms with Crippen LogP contribution in [0.15, 0.2) is 54.0 Å². The molecule has 27 heavy (non-hydrogen) atoms. The van der Waals surface area contributed by atoms with Crippen molar-refractivity contribution in [1.82, 2.24) is 30.6 Å². The second-order valence-electron chi connectivity index (χ2n) is 5.89. The molecule has 4 heterocycles. The summed E-state index contributed by atoms with van der Waals surface area (Å²) < 4.78 is 27.0. The minimum absolute atomic E-state index is 0.177. The van der Waals surface area contributed by atoms with E-state index in [1.807, 2.05) is 6.07 Å². The van der Waals surface area contributed by atoms with Crippen molar-refractivity contribution in [3.8, 4) is 0 Å². The Kier molecular flexibility index (Phi) is 4.11. The van der Waals surface area contributed by atoms with E-state index in [1.165, 1.54) is 12.4 Å². The van der Waals surface area contributed by atoms with Crippen molar-refractivity contribution < 1.29 is 13.6 Å². The molecule has 2 aliphatic heterocycles. The first-order valence-corrected chi connectivity index (χ1v) is 7.99. The van der Waals surface area contributed by atoms with E-state index in [-0.39, 0.29) is 12.5 Å². The molecular formula is C16H14F2N8O. The molecule has 0 spiro atoms. The molecule has 0 fully saturated rings. The maximum absolute atomic E-state index is 13.5. The van der Waals surface area contributed by atoms with Gasteiger partial charge in [0.05, 0.1) is 11.9 Å². The van der Waals surface area contributed by atoms with Gasteiger partial charge in [-0.2, -0.15) is 13.8 Å². The summed E-state index contributed by atoms with van der Waals surface area (Å²) in [7, 11) is 0. The largest absolute Gasteiger partial charge is 0.368 e. The molecule has 0 atom stereocenters. The molecule has 1 amide bonds. The fourth-order valence-electron chi connectivity index (χ4n) is 2.62. The smallest absolute Gasteiger partial charge is 0.328 e. The lowest BCUT2D eigenvalue weighted by Gasteiger charge is -2.29. The normalized spacial score (nSPS) is 18.0. The number of carbonyl (C=O) groups excluding carboxylic acids is 1. The van der Waals surface area contributed by atoms with Crippen LogP contribution in [0.25, 0.3) is 0 Å². The second kappa shape index (κ2) is 6.59. The van der Waals surface area contributed by atoms with E-state index in [1.54, 1.807) is 18.5 Å². The molecule has 0 saturated heterocycles. The molecule has 11 heteroatoms. The molecule has 9 nitrogen and oxygen atoms in total. The van der Waals surface area contributed by atoms with Gasteiger partial charge < -0.3 is 21.3 Å². The average Bonchev–Trinajstić information content (AvgIpc) is 2.64. The second-order valence-corrected chi connectivity index (χ2v) is 5.89. The molecule has 0 saturated carbocycles. The number of aromatic nitrogens is 4. The summed E-state index contributed by atoms with van der Waals surface area (Å²) in [5, 5.41) is 11.1. The minimum atomic E-state index is -3.39. The number of nitrogens with zero attached hydrogens (tertiary/aromatic N) is 4. The van der Waals surface area contributed by atoms with Gasteiger partial charge in [0.2, 0.25) is 11.9 Å². The van der Waals surface area contributed by atoms with E-state index in [4.69, 9.17) is 0 Å². The Hall–Kier alpha value is -3.63. The van der Waals surface area contributed by atoms with Gasteiger partial charge in [0.25, 0.3) is 5.91 Å². The van der Waals surface area contributed by atoms with Crippen LogP contribution in [-0.4, -0.2) is 38.3 Å². The summed E-state index contributed by atoms with van der Waals surface area (Å²) in [4.78, 5) is 27.7. The molecule has 0 aromatic carbocycles. The van der Waals surface area contributed by atoms with Gasteiger partial charge in [0.15, 0.2) is 0 Å². The maximum atomic E-state index is 13.5. The van der Waals surface area contributed by atoms with Crippen molar-refractivity contribution in [2.24, 2.45) is 0 Å². The quantitative estimate of drug-likeness (QED) is 0.634. The monoisotopic (exact) mass is 372 g/mol. The maximum Gasteiger partial charge on any atom is 0.328 e. The summed E-state index contributed by atoms with van der Waals surface area (Å²) in [6.45, 7) is 0.177. The first kappa shape index (κ1) is 16.8. The summed E-state index contributed by atoms with van der Waals surface area (Å²) in [5.41, 5.74) is 1.50. The number of alkyl halides is 2. The zero-order valence-electron chi connectivity index (χ0n) is 13.8. The van der Waals surface area contributed by atoms with Crippen LogP contribution in [0, 0.1) is 0 Å². The SMILES string of the molecule is O=C1NC2=C(CNC(Nc3ncnc(Nc4cccnc4)n3)=C2)CC1(F)F. The third-order valence-electron chi connectivity index (χ3n) is 3.91. The molecule has 0 radical (unpaired) electrons. The topological polar surface area (TPSA) is 117 Å². The van der Waals surface area contributed by atoms with Crippen LogP contribution in [0.4, 0.5) is 26.4 Å². The highest BCUT2D eigenvalue weighted by atomic mass is 19.3. The molecular weight excluding hydrogens is 358 g/mol. The van der Waals surface area contributed by atoms with Gasteiger partial charge in [0, 0.05) is 30.9 Å². The Bertz CT molecular complexity index is 944. The predicted octanol–water partition coefficient (Wildman–Crippen LogP) is 1.28. The van der Waals surface area contributed by atoms with E-state index in [0.29, 0.717) is 28.7 Å². The molecule has 2 aromatic rings. The number of pyridine rings is 1. The number of carbonyl (C=O) groups is 1. The molecule has 0 bridgehead atoms. The summed E-state index contributed by atoms with van der Waals surface area (Å²) in [6.07, 6.45) is 5.53. The van der Waals surface area contributed by atoms with Crippen LogP contribution in [0.3, 0.4) is 0 Å². The molecule has 2 aromatic heterocycles. The van der Waals surface area contributed by atoms with Crippen molar-refractivity contribution >= 4 is 23.5 Å².